The third kappa shape index (κ3) is 1.87. The molecule has 0 saturated heterocycles. The van der Waals surface area contributed by atoms with Gasteiger partial charge in [0.15, 0.2) is 0 Å². The maximum absolute atomic E-state index is 12.4. The smallest absolute Gasteiger partial charge is 0.305 e. The van der Waals surface area contributed by atoms with Gasteiger partial charge in [-0.1, -0.05) is 0 Å². The zero-order valence-electron chi connectivity index (χ0n) is 11.0. The second kappa shape index (κ2) is 3.97. The molecule has 1 amide bonds. The van der Waals surface area contributed by atoms with Crippen LogP contribution in [-0.2, 0) is 9.59 Å². The van der Waals surface area contributed by atoms with Crippen molar-refractivity contribution in [3.63, 3.8) is 0 Å². The predicted octanol–water partition coefficient (Wildman–Crippen LogP) is 1.65. The lowest BCUT2D eigenvalue weighted by Crippen LogP contribution is -2.40. The number of carboxylic acid groups (broad SMARTS) is 1. The number of fused-ring (bicyclic) bond motifs is 5. The Labute approximate surface area is 112 Å². The summed E-state index contributed by atoms with van der Waals surface area (Å²) < 4.78 is 0. The van der Waals surface area contributed by atoms with E-state index in [4.69, 9.17) is 5.11 Å². The van der Waals surface area contributed by atoms with Crippen molar-refractivity contribution in [2.45, 2.75) is 44.6 Å². The molecule has 4 nitrogen and oxygen atoms in total. The normalized spacial score (nSPS) is 43.7. The van der Waals surface area contributed by atoms with Crippen LogP contribution in [-0.4, -0.2) is 23.0 Å². The molecule has 104 valence electrons. The molecule has 19 heavy (non-hydrogen) atoms. The number of carbonyl (C=O) groups excluding carboxylic acids is 1. The molecule has 0 heterocycles. The summed E-state index contributed by atoms with van der Waals surface area (Å²) in [6.45, 7) is 0. The fourth-order valence-electron chi connectivity index (χ4n) is 4.98. The van der Waals surface area contributed by atoms with Crippen molar-refractivity contribution in [1.82, 2.24) is 5.32 Å². The van der Waals surface area contributed by atoms with Crippen molar-refractivity contribution in [1.29, 1.82) is 0 Å². The molecule has 2 bridgehead atoms. The van der Waals surface area contributed by atoms with Gasteiger partial charge in [-0.25, -0.2) is 0 Å². The van der Waals surface area contributed by atoms with Crippen LogP contribution in [0.25, 0.3) is 0 Å². The number of hydrogen-bond acceptors (Lipinski definition) is 2. The van der Waals surface area contributed by atoms with Crippen LogP contribution < -0.4 is 5.32 Å². The van der Waals surface area contributed by atoms with Gasteiger partial charge in [-0.3, -0.25) is 9.59 Å². The molecule has 4 rings (SSSR count). The van der Waals surface area contributed by atoms with Crippen LogP contribution in [0.4, 0.5) is 0 Å². The van der Waals surface area contributed by atoms with Crippen LogP contribution >= 0.6 is 0 Å². The van der Waals surface area contributed by atoms with Crippen LogP contribution in [0, 0.1) is 35.5 Å². The average molecular weight is 263 g/mol. The molecule has 0 aromatic rings. The summed E-state index contributed by atoms with van der Waals surface area (Å²) in [7, 11) is 0. The maximum Gasteiger partial charge on any atom is 0.305 e. The van der Waals surface area contributed by atoms with Crippen LogP contribution in [0.5, 0.6) is 0 Å². The first-order valence-corrected chi connectivity index (χ1v) is 7.67. The largest absolute Gasteiger partial charge is 0.481 e. The van der Waals surface area contributed by atoms with Crippen molar-refractivity contribution >= 4 is 11.9 Å². The minimum absolute atomic E-state index is 0.0886. The van der Waals surface area contributed by atoms with Crippen molar-refractivity contribution in [3.8, 4) is 0 Å². The first kappa shape index (κ1) is 11.7. The Morgan fingerprint density at radius 1 is 1.11 bits per heavy atom. The maximum atomic E-state index is 12.4. The van der Waals surface area contributed by atoms with E-state index in [-0.39, 0.29) is 24.3 Å². The number of aliphatic carboxylic acids is 1. The van der Waals surface area contributed by atoms with Gasteiger partial charge in [-0.2, -0.15) is 0 Å². The molecular weight excluding hydrogens is 242 g/mol. The zero-order chi connectivity index (χ0) is 13.1. The molecule has 0 radical (unpaired) electrons. The van der Waals surface area contributed by atoms with Crippen LogP contribution in [0.1, 0.15) is 38.5 Å². The molecule has 5 atom stereocenters. The minimum atomic E-state index is -0.798. The number of nitrogens with one attached hydrogen (secondary N) is 1. The fourth-order valence-corrected chi connectivity index (χ4v) is 4.98. The van der Waals surface area contributed by atoms with Crippen molar-refractivity contribution in [3.05, 3.63) is 0 Å². The summed E-state index contributed by atoms with van der Waals surface area (Å²) >= 11 is 0. The Bertz CT molecular complexity index is 415. The summed E-state index contributed by atoms with van der Waals surface area (Å²) in [5, 5.41) is 12.0. The highest BCUT2D eigenvalue weighted by atomic mass is 16.4. The van der Waals surface area contributed by atoms with E-state index in [0.29, 0.717) is 17.8 Å². The zero-order valence-corrected chi connectivity index (χ0v) is 11.0. The third-order valence-electron chi connectivity index (χ3n) is 5.95. The molecule has 5 unspecified atom stereocenters. The summed E-state index contributed by atoms with van der Waals surface area (Å²) in [6.07, 6.45) is 6.21. The van der Waals surface area contributed by atoms with Gasteiger partial charge in [0.25, 0.3) is 0 Å². The van der Waals surface area contributed by atoms with Crippen molar-refractivity contribution in [2.24, 2.45) is 35.5 Å². The van der Waals surface area contributed by atoms with Gasteiger partial charge in [-0.05, 0) is 61.7 Å². The van der Waals surface area contributed by atoms with E-state index in [1.54, 1.807) is 0 Å². The number of carboxylic acids is 1. The van der Waals surface area contributed by atoms with Gasteiger partial charge in [0, 0.05) is 12.0 Å². The molecule has 2 N–H and O–H groups in total. The number of carbonyl (C=O) groups is 2. The standard InChI is InChI=1S/C15H21NO3/c17-11(18)6-10(7-1-2-7)16-15(19)14-12-8-3-4-9(5-8)13(12)14/h7-10,12-14H,1-6H2,(H,16,19)(H,17,18). The lowest BCUT2D eigenvalue weighted by molar-refractivity contribution is -0.138. The van der Waals surface area contributed by atoms with E-state index in [2.05, 4.69) is 5.32 Å². The van der Waals surface area contributed by atoms with Crippen LogP contribution in [0.15, 0.2) is 0 Å². The molecular formula is C15H21NO3. The predicted molar refractivity (Wildman–Crippen MR) is 68.2 cm³/mol. The van der Waals surface area contributed by atoms with E-state index in [0.717, 1.165) is 24.7 Å². The summed E-state index contributed by atoms with van der Waals surface area (Å²) in [6, 6.07) is -0.121. The Morgan fingerprint density at radius 2 is 1.74 bits per heavy atom. The second-order valence-corrected chi connectivity index (χ2v) is 7.06. The molecule has 4 aliphatic rings. The third-order valence-corrected chi connectivity index (χ3v) is 5.95. The van der Waals surface area contributed by atoms with E-state index < -0.39 is 5.97 Å². The lowest BCUT2D eigenvalue weighted by atomic mass is 10.0. The first-order chi connectivity index (χ1) is 9.15. The quantitative estimate of drug-likeness (QED) is 0.792. The van der Waals surface area contributed by atoms with Gasteiger partial charge in [0.05, 0.1) is 6.42 Å². The Hall–Kier alpha value is -1.06. The van der Waals surface area contributed by atoms with E-state index in [1.807, 2.05) is 0 Å². The molecule has 0 spiro atoms. The second-order valence-electron chi connectivity index (χ2n) is 7.06. The fraction of sp³-hybridized carbons (Fsp3) is 0.867. The van der Waals surface area contributed by atoms with Crippen molar-refractivity contribution < 1.29 is 14.7 Å². The molecule has 4 aliphatic carbocycles. The molecule has 0 aliphatic heterocycles. The monoisotopic (exact) mass is 263 g/mol. The molecule has 4 heteroatoms. The summed E-state index contributed by atoms with van der Waals surface area (Å²) in [4.78, 5) is 23.2. The lowest BCUT2D eigenvalue weighted by Gasteiger charge is -2.17. The first-order valence-electron chi connectivity index (χ1n) is 7.67. The minimum Gasteiger partial charge on any atom is -0.481 e. The van der Waals surface area contributed by atoms with E-state index in [9.17, 15) is 9.59 Å². The van der Waals surface area contributed by atoms with Crippen LogP contribution in [0.3, 0.4) is 0 Å². The number of hydrogen-bond donors (Lipinski definition) is 2. The Morgan fingerprint density at radius 3 is 2.26 bits per heavy atom. The highest BCUT2D eigenvalue weighted by Gasteiger charge is 2.67. The average Bonchev–Trinajstić information content (AvgIpc) is 3.26. The SMILES string of the molecule is O=C(O)CC(NC(=O)C1C2C3CCC(C3)C12)C1CC1. The van der Waals surface area contributed by atoms with E-state index in [1.165, 1.54) is 19.3 Å². The van der Waals surface area contributed by atoms with Gasteiger partial charge < -0.3 is 10.4 Å². The van der Waals surface area contributed by atoms with Gasteiger partial charge >= 0.3 is 5.97 Å². The van der Waals surface area contributed by atoms with Crippen molar-refractivity contribution in [2.75, 3.05) is 0 Å². The topological polar surface area (TPSA) is 66.4 Å². The van der Waals surface area contributed by atoms with Gasteiger partial charge in [0.1, 0.15) is 0 Å². The summed E-state index contributed by atoms with van der Waals surface area (Å²) in [5.41, 5.74) is 0. The summed E-state index contributed by atoms with van der Waals surface area (Å²) in [5.74, 6) is 2.87. The highest BCUT2D eigenvalue weighted by Crippen LogP contribution is 2.69. The Balaban J connectivity index is 1.38. The molecule has 0 aromatic carbocycles. The number of rotatable bonds is 5. The van der Waals surface area contributed by atoms with Gasteiger partial charge in [0.2, 0.25) is 5.91 Å². The molecule has 4 fully saturated rings. The van der Waals surface area contributed by atoms with Crippen LogP contribution in [0.2, 0.25) is 0 Å². The number of amides is 1. The van der Waals surface area contributed by atoms with Gasteiger partial charge in [-0.15, -0.1) is 0 Å². The molecule has 0 aromatic heterocycles. The molecule has 4 saturated carbocycles. The van der Waals surface area contributed by atoms with E-state index >= 15 is 0 Å². The Kier molecular flexibility index (Phi) is 2.45. The highest BCUT2D eigenvalue weighted by molar-refractivity contribution is 5.83.